The van der Waals surface area contributed by atoms with Gasteiger partial charge in [-0.2, -0.15) is 0 Å². The van der Waals surface area contributed by atoms with Crippen molar-refractivity contribution in [3.05, 3.63) is 59.7 Å². The molecule has 0 radical (unpaired) electrons. The Kier molecular flexibility index (Phi) is 4.15. The molecule has 0 saturated heterocycles. The summed E-state index contributed by atoms with van der Waals surface area (Å²) in [7, 11) is 0. The minimum atomic E-state index is -0.178. The van der Waals surface area contributed by atoms with Crippen LogP contribution in [0.5, 0.6) is 11.5 Å². The number of ether oxygens (including phenoxy) is 1. The third-order valence-electron chi connectivity index (χ3n) is 2.66. The van der Waals surface area contributed by atoms with Crippen molar-refractivity contribution < 1.29 is 9.53 Å². The SMILES string of the molecule is CCc1ccc(Oc2ccccc2C(=O)Br)cc1. The maximum Gasteiger partial charge on any atom is 0.231 e. The zero-order valence-corrected chi connectivity index (χ0v) is 11.6. The Balaban J connectivity index is 2.25. The highest BCUT2D eigenvalue weighted by molar-refractivity contribution is 9.18. The lowest BCUT2D eigenvalue weighted by Gasteiger charge is -2.09. The van der Waals surface area contributed by atoms with E-state index in [4.69, 9.17) is 4.74 Å². The molecule has 0 aliphatic carbocycles. The second kappa shape index (κ2) is 5.83. The Morgan fingerprint density at radius 2 is 1.78 bits per heavy atom. The van der Waals surface area contributed by atoms with E-state index < -0.39 is 0 Å². The van der Waals surface area contributed by atoms with Crippen LogP contribution in [-0.4, -0.2) is 4.69 Å². The van der Waals surface area contributed by atoms with Crippen LogP contribution in [0, 0.1) is 0 Å². The first-order chi connectivity index (χ1) is 8.70. The molecular weight excluding hydrogens is 292 g/mol. The van der Waals surface area contributed by atoms with Crippen molar-refractivity contribution in [2.45, 2.75) is 13.3 Å². The largest absolute Gasteiger partial charge is 0.457 e. The zero-order chi connectivity index (χ0) is 13.0. The average Bonchev–Trinajstić information content (AvgIpc) is 2.40. The summed E-state index contributed by atoms with van der Waals surface area (Å²) >= 11 is 2.95. The first-order valence-corrected chi connectivity index (χ1v) is 6.55. The molecule has 0 N–H and O–H groups in total. The Bertz CT molecular complexity index is 547. The van der Waals surface area contributed by atoms with E-state index in [1.165, 1.54) is 5.56 Å². The van der Waals surface area contributed by atoms with Gasteiger partial charge in [0.05, 0.1) is 5.56 Å². The molecule has 0 saturated carbocycles. The summed E-state index contributed by atoms with van der Waals surface area (Å²) in [6.45, 7) is 2.11. The van der Waals surface area contributed by atoms with Crippen LogP contribution < -0.4 is 4.74 Å². The number of carbonyl (C=O) groups excluding carboxylic acids is 1. The molecular formula is C15H13BrO2. The summed E-state index contributed by atoms with van der Waals surface area (Å²) in [6.07, 6.45) is 0.997. The fraction of sp³-hybridized carbons (Fsp3) is 0.133. The molecule has 0 spiro atoms. The molecule has 2 aromatic carbocycles. The highest BCUT2D eigenvalue weighted by Gasteiger charge is 2.09. The Labute approximate surface area is 115 Å². The minimum absolute atomic E-state index is 0.178. The Hall–Kier alpha value is -1.61. The van der Waals surface area contributed by atoms with Gasteiger partial charge in [0.15, 0.2) is 0 Å². The highest BCUT2D eigenvalue weighted by Crippen LogP contribution is 2.26. The predicted molar refractivity (Wildman–Crippen MR) is 75.6 cm³/mol. The summed E-state index contributed by atoms with van der Waals surface area (Å²) in [5.74, 6) is 1.29. The van der Waals surface area contributed by atoms with Crippen molar-refractivity contribution in [2.75, 3.05) is 0 Å². The van der Waals surface area contributed by atoms with E-state index in [1.807, 2.05) is 36.4 Å². The molecule has 92 valence electrons. The lowest BCUT2D eigenvalue weighted by atomic mass is 10.2. The van der Waals surface area contributed by atoms with Crippen LogP contribution in [-0.2, 0) is 6.42 Å². The van der Waals surface area contributed by atoms with E-state index in [0.29, 0.717) is 11.3 Å². The van der Waals surface area contributed by atoms with Gasteiger partial charge in [-0.05, 0) is 52.2 Å². The first-order valence-electron chi connectivity index (χ1n) is 5.76. The van der Waals surface area contributed by atoms with Gasteiger partial charge in [0.25, 0.3) is 0 Å². The van der Waals surface area contributed by atoms with Gasteiger partial charge in [-0.1, -0.05) is 31.2 Å². The summed E-state index contributed by atoms with van der Waals surface area (Å²) in [5, 5.41) is 0. The molecule has 2 aromatic rings. The van der Waals surface area contributed by atoms with Crippen molar-refractivity contribution in [3.63, 3.8) is 0 Å². The summed E-state index contributed by atoms with van der Waals surface area (Å²) in [5.41, 5.74) is 1.78. The Morgan fingerprint density at radius 3 is 2.39 bits per heavy atom. The summed E-state index contributed by atoms with van der Waals surface area (Å²) < 4.78 is 5.54. The molecule has 0 atom stereocenters. The van der Waals surface area contributed by atoms with Crippen molar-refractivity contribution in [1.82, 2.24) is 0 Å². The average molecular weight is 305 g/mol. The van der Waals surface area contributed by atoms with Crippen LogP contribution in [0.15, 0.2) is 48.5 Å². The Morgan fingerprint density at radius 1 is 1.11 bits per heavy atom. The van der Waals surface area contributed by atoms with E-state index in [1.54, 1.807) is 12.1 Å². The molecule has 0 aliphatic rings. The van der Waals surface area contributed by atoms with E-state index in [9.17, 15) is 4.79 Å². The van der Waals surface area contributed by atoms with E-state index in [2.05, 4.69) is 22.9 Å². The summed E-state index contributed by atoms with van der Waals surface area (Å²) in [6, 6.07) is 15.0. The predicted octanol–water partition coefficient (Wildman–Crippen LogP) is 4.58. The number of hydrogen-bond donors (Lipinski definition) is 0. The standard InChI is InChI=1S/C15H13BrO2/c1-2-11-7-9-12(10-8-11)18-14-6-4-3-5-13(14)15(16)17/h3-10H,2H2,1H3. The van der Waals surface area contributed by atoms with Crippen LogP contribution in [0.3, 0.4) is 0 Å². The van der Waals surface area contributed by atoms with E-state index >= 15 is 0 Å². The second-order valence-corrected chi connectivity index (χ2v) is 4.59. The lowest BCUT2D eigenvalue weighted by molar-refractivity contribution is 0.109. The van der Waals surface area contributed by atoms with Gasteiger partial charge in [0, 0.05) is 0 Å². The van der Waals surface area contributed by atoms with Crippen molar-refractivity contribution in [3.8, 4) is 11.5 Å². The maximum absolute atomic E-state index is 11.4. The van der Waals surface area contributed by atoms with Crippen LogP contribution in [0.1, 0.15) is 22.8 Å². The zero-order valence-electron chi connectivity index (χ0n) is 10.0. The van der Waals surface area contributed by atoms with Crippen molar-refractivity contribution in [1.29, 1.82) is 0 Å². The highest BCUT2D eigenvalue weighted by atomic mass is 79.9. The monoisotopic (exact) mass is 304 g/mol. The maximum atomic E-state index is 11.4. The molecule has 0 heterocycles. The lowest BCUT2D eigenvalue weighted by Crippen LogP contribution is -1.94. The van der Waals surface area contributed by atoms with Gasteiger partial charge in [0.1, 0.15) is 11.5 Å². The van der Waals surface area contributed by atoms with Gasteiger partial charge < -0.3 is 4.74 Å². The number of carbonyl (C=O) groups is 1. The molecule has 2 nitrogen and oxygen atoms in total. The van der Waals surface area contributed by atoms with Gasteiger partial charge >= 0.3 is 0 Å². The molecule has 0 fully saturated rings. The van der Waals surface area contributed by atoms with Crippen molar-refractivity contribution >= 4 is 20.6 Å². The van der Waals surface area contributed by atoms with Gasteiger partial charge in [-0.25, -0.2) is 0 Å². The molecule has 0 bridgehead atoms. The van der Waals surface area contributed by atoms with Crippen LogP contribution >= 0.6 is 15.9 Å². The topological polar surface area (TPSA) is 26.3 Å². The third-order valence-corrected chi connectivity index (χ3v) is 3.09. The quantitative estimate of drug-likeness (QED) is 0.773. The molecule has 0 amide bonds. The number of aryl methyl sites for hydroxylation is 1. The van der Waals surface area contributed by atoms with Crippen LogP contribution in [0.25, 0.3) is 0 Å². The number of halogens is 1. The molecule has 0 unspecified atom stereocenters. The van der Waals surface area contributed by atoms with Gasteiger partial charge in [-0.3, -0.25) is 4.79 Å². The summed E-state index contributed by atoms with van der Waals surface area (Å²) in [4.78, 5) is 11.4. The number of para-hydroxylation sites is 1. The van der Waals surface area contributed by atoms with Crippen LogP contribution in [0.4, 0.5) is 0 Å². The molecule has 3 heteroatoms. The van der Waals surface area contributed by atoms with E-state index in [-0.39, 0.29) is 4.69 Å². The van der Waals surface area contributed by atoms with Crippen molar-refractivity contribution in [2.24, 2.45) is 0 Å². The molecule has 0 aromatic heterocycles. The van der Waals surface area contributed by atoms with E-state index in [0.717, 1.165) is 12.2 Å². The number of rotatable bonds is 4. The fourth-order valence-electron chi connectivity index (χ4n) is 1.64. The number of benzene rings is 2. The first kappa shape index (κ1) is 12.8. The molecule has 0 aliphatic heterocycles. The third kappa shape index (κ3) is 2.99. The number of hydrogen-bond acceptors (Lipinski definition) is 2. The normalized spacial score (nSPS) is 10.1. The second-order valence-electron chi connectivity index (χ2n) is 3.87. The fourth-order valence-corrected chi connectivity index (χ4v) is 1.97. The van der Waals surface area contributed by atoms with Gasteiger partial charge in [-0.15, -0.1) is 0 Å². The van der Waals surface area contributed by atoms with Gasteiger partial charge in [0.2, 0.25) is 4.69 Å². The smallest absolute Gasteiger partial charge is 0.231 e. The molecule has 18 heavy (non-hydrogen) atoms. The van der Waals surface area contributed by atoms with Crippen LogP contribution in [0.2, 0.25) is 0 Å². The molecule has 2 rings (SSSR count). The minimum Gasteiger partial charge on any atom is -0.457 e.